The molecule has 1 unspecified atom stereocenters. The summed E-state index contributed by atoms with van der Waals surface area (Å²) in [7, 11) is -2.72. The Bertz CT molecular complexity index is 1070. The topological polar surface area (TPSA) is 17.1 Å². The van der Waals surface area contributed by atoms with E-state index < -0.39 is 15.7 Å². The fraction of sp³-hybridized carbons (Fsp3) is 0.167. The standard InChI is InChI=1S/C24H24OP2S/c1-24(2,3)27(25)23-22(20-16-10-11-17-21(20)28-23)26(18-12-6-4-7-13-18)19-14-8-5-9-15-19/h4-17,27H,1-3H3. The average molecular weight is 422 g/mol. The molecule has 4 rings (SSSR count). The maximum Gasteiger partial charge on any atom is 0.119 e. The summed E-state index contributed by atoms with van der Waals surface area (Å²) >= 11 is 1.73. The smallest absolute Gasteiger partial charge is 0.119 e. The molecule has 142 valence electrons. The number of benzene rings is 3. The molecule has 0 N–H and O–H groups in total. The largest absolute Gasteiger partial charge is 0.321 e. The highest BCUT2D eigenvalue weighted by molar-refractivity contribution is 7.83. The Hall–Kier alpha value is -1.72. The highest BCUT2D eigenvalue weighted by Crippen LogP contribution is 2.45. The molecule has 1 heterocycles. The average Bonchev–Trinajstić information content (AvgIpc) is 3.08. The van der Waals surface area contributed by atoms with E-state index in [4.69, 9.17) is 0 Å². The Balaban J connectivity index is 2.05. The van der Waals surface area contributed by atoms with Gasteiger partial charge in [0.05, 0.1) is 4.62 Å². The molecule has 1 nitrogen and oxygen atoms in total. The summed E-state index contributed by atoms with van der Waals surface area (Å²) in [5.74, 6) is 0. The van der Waals surface area contributed by atoms with Gasteiger partial charge in [-0.1, -0.05) is 99.6 Å². The fourth-order valence-corrected chi connectivity index (χ4v) is 10.3. The van der Waals surface area contributed by atoms with Gasteiger partial charge >= 0.3 is 0 Å². The molecule has 0 spiro atoms. The highest BCUT2D eigenvalue weighted by atomic mass is 32.1. The van der Waals surface area contributed by atoms with Gasteiger partial charge in [-0.05, 0) is 24.6 Å². The van der Waals surface area contributed by atoms with Crippen molar-refractivity contribution in [1.29, 1.82) is 0 Å². The third-order valence-electron chi connectivity index (χ3n) is 4.71. The molecule has 3 aromatic carbocycles. The summed E-state index contributed by atoms with van der Waals surface area (Å²) in [5.41, 5.74) is 0. The van der Waals surface area contributed by atoms with Crippen molar-refractivity contribution in [2.24, 2.45) is 0 Å². The molecule has 0 aliphatic heterocycles. The van der Waals surface area contributed by atoms with Crippen LogP contribution in [0.3, 0.4) is 0 Å². The molecular weight excluding hydrogens is 398 g/mol. The minimum Gasteiger partial charge on any atom is -0.321 e. The summed E-state index contributed by atoms with van der Waals surface area (Å²) in [4.78, 5) is 0. The van der Waals surface area contributed by atoms with E-state index in [0.717, 1.165) is 4.62 Å². The molecule has 0 fully saturated rings. The van der Waals surface area contributed by atoms with Crippen molar-refractivity contribution >= 4 is 57.7 Å². The molecule has 28 heavy (non-hydrogen) atoms. The Morgan fingerprint density at radius 3 is 1.79 bits per heavy atom. The van der Waals surface area contributed by atoms with Crippen LogP contribution in [0.5, 0.6) is 0 Å². The lowest BCUT2D eigenvalue weighted by molar-refractivity contribution is 0.572. The normalized spacial score (nSPS) is 13.1. The number of hydrogen-bond donors (Lipinski definition) is 0. The predicted octanol–water partition coefficient (Wildman–Crippen LogP) is 5.64. The second-order valence-corrected chi connectivity index (χ2v) is 14.1. The molecule has 4 heteroatoms. The van der Waals surface area contributed by atoms with Gasteiger partial charge < -0.3 is 4.57 Å². The van der Waals surface area contributed by atoms with Crippen molar-refractivity contribution in [3.63, 3.8) is 0 Å². The van der Waals surface area contributed by atoms with Crippen molar-refractivity contribution < 1.29 is 4.57 Å². The third kappa shape index (κ3) is 3.74. The van der Waals surface area contributed by atoms with Crippen LogP contribution >= 0.6 is 27.1 Å². The second-order valence-electron chi connectivity index (χ2n) is 7.86. The third-order valence-corrected chi connectivity index (χ3v) is 11.5. The SMILES string of the molecule is CC(C)(C)[PH](=O)c1sc2ccccc2c1P(c1ccccc1)c1ccccc1. The van der Waals surface area contributed by atoms with E-state index in [1.165, 1.54) is 26.0 Å². The van der Waals surface area contributed by atoms with Crippen LogP contribution < -0.4 is 20.5 Å². The molecule has 0 saturated carbocycles. The Morgan fingerprint density at radius 1 is 0.750 bits per heavy atom. The second kappa shape index (κ2) is 7.96. The van der Waals surface area contributed by atoms with Crippen LogP contribution in [0.15, 0.2) is 84.9 Å². The molecule has 1 aromatic heterocycles. The monoisotopic (exact) mass is 422 g/mol. The first-order chi connectivity index (χ1) is 13.5. The lowest BCUT2D eigenvalue weighted by Crippen LogP contribution is -2.29. The first-order valence-electron chi connectivity index (χ1n) is 9.43. The van der Waals surface area contributed by atoms with E-state index in [1.54, 1.807) is 11.3 Å². The van der Waals surface area contributed by atoms with Crippen LogP contribution in [0.1, 0.15) is 20.8 Å². The summed E-state index contributed by atoms with van der Waals surface area (Å²) in [5, 5.41) is 4.92. The molecule has 0 bridgehead atoms. The van der Waals surface area contributed by atoms with Crippen LogP contribution in [0, 0.1) is 0 Å². The Kier molecular flexibility index (Phi) is 5.57. The van der Waals surface area contributed by atoms with E-state index in [1.807, 2.05) is 0 Å². The van der Waals surface area contributed by atoms with E-state index in [2.05, 4.69) is 106 Å². The van der Waals surface area contributed by atoms with Crippen molar-refractivity contribution in [2.45, 2.75) is 25.9 Å². The van der Waals surface area contributed by atoms with Gasteiger partial charge in [0, 0.05) is 20.5 Å². The molecule has 4 aromatic rings. The zero-order valence-corrected chi connectivity index (χ0v) is 19.1. The Labute approximate surface area is 173 Å². The van der Waals surface area contributed by atoms with Gasteiger partial charge in [-0.2, -0.15) is 0 Å². The van der Waals surface area contributed by atoms with Gasteiger partial charge in [0.15, 0.2) is 0 Å². The lowest BCUT2D eigenvalue weighted by Gasteiger charge is -2.23. The first-order valence-corrected chi connectivity index (χ1v) is 13.0. The van der Waals surface area contributed by atoms with Crippen molar-refractivity contribution in [3.05, 3.63) is 84.9 Å². The quantitative estimate of drug-likeness (QED) is 0.389. The maximum atomic E-state index is 13.6. The van der Waals surface area contributed by atoms with Gasteiger partial charge in [0.1, 0.15) is 7.80 Å². The van der Waals surface area contributed by atoms with Gasteiger partial charge in [0.25, 0.3) is 0 Å². The molecule has 0 aliphatic carbocycles. The van der Waals surface area contributed by atoms with Gasteiger partial charge in [0.2, 0.25) is 0 Å². The number of thiophene rings is 1. The summed E-state index contributed by atoms with van der Waals surface area (Å²) < 4.78 is 16.0. The minimum absolute atomic E-state index is 0.228. The van der Waals surface area contributed by atoms with Crippen LogP contribution in [0.2, 0.25) is 0 Å². The summed E-state index contributed by atoms with van der Waals surface area (Å²) in [6.07, 6.45) is 0. The Morgan fingerprint density at radius 2 is 1.25 bits per heavy atom. The molecule has 0 saturated heterocycles. The van der Waals surface area contributed by atoms with E-state index in [0.29, 0.717) is 0 Å². The van der Waals surface area contributed by atoms with Crippen LogP contribution in [0.4, 0.5) is 0 Å². The molecule has 0 aliphatic rings. The predicted molar refractivity (Wildman–Crippen MR) is 129 cm³/mol. The van der Waals surface area contributed by atoms with E-state index in [9.17, 15) is 4.57 Å². The number of rotatable bonds is 4. The van der Waals surface area contributed by atoms with E-state index >= 15 is 0 Å². The molecule has 0 radical (unpaired) electrons. The zero-order chi connectivity index (χ0) is 19.7. The van der Waals surface area contributed by atoms with Crippen LogP contribution in [-0.4, -0.2) is 5.16 Å². The van der Waals surface area contributed by atoms with Gasteiger partial charge in [-0.25, -0.2) is 0 Å². The number of fused-ring (bicyclic) bond motifs is 1. The van der Waals surface area contributed by atoms with Gasteiger partial charge in [-0.3, -0.25) is 0 Å². The summed E-state index contributed by atoms with van der Waals surface area (Å²) in [6, 6.07) is 29.9. The molecule has 1 atom stereocenters. The van der Waals surface area contributed by atoms with Crippen molar-refractivity contribution in [3.8, 4) is 0 Å². The maximum absolute atomic E-state index is 13.6. The molecular formula is C24H24OP2S. The van der Waals surface area contributed by atoms with E-state index in [-0.39, 0.29) is 5.16 Å². The zero-order valence-electron chi connectivity index (χ0n) is 16.3. The number of hydrogen-bond acceptors (Lipinski definition) is 2. The van der Waals surface area contributed by atoms with Crippen molar-refractivity contribution in [1.82, 2.24) is 0 Å². The summed E-state index contributed by atoms with van der Waals surface area (Å²) in [6.45, 7) is 6.28. The highest BCUT2D eigenvalue weighted by Gasteiger charge is 2.31. The fourth-order valence-electron chi connectivity index (χ4n) is 3.31. The van der Waals surface area contributed by atoms with Gasteiger partial charge in [-0.15, -0.1) is 11.3 Å². The first kappa shape index (κ1) is 19.6. The van der Waals surface area contributed by atoms with Crippen molar-refractivity contribution in [2.75, 3.05) is 0 Å². The lowest BCUT2D eigenvalue weighted by atomic mass is 10.3. The molecule has 0 amide bonds. The van der Waals surface area contributed by atoms with Crippen LogP contribution in [0.25, 0.3) is 10.1 Å². The minimum atomic E-state index is -1.95. The van der Waals surface area contributed by atoms with Crippen LogP contribution in [-0.2, 0) is 4.57 Å².